The number of benzene rings is 2. The van der Waals surface area contributed by atoms with Crippen LogP contribution in [-0.4, -0.2) is 28.9 Å². The number of fused-ring (bicyclic) bond motifs is 1. The van der Waals surface area contributed by atoms with E-state index >= 15 is 0 Å². The number of Topliss-reactive ketones (excluding diaryl/α,β-unsaturated/α-hetero) is 1. The quantitative estimate of drug-likeness (QED) is 0.301. The number of aromatic nitrogens is 1. The van der Waals surface area contributed by atoms with Crippen molar-refractivity contribution in [2.24, 2.45) is 0 Å². The molecular formula is C29H25ClN2O5. The van der Waals surface area contributed by atoms with E-state index in [-0.39, 0.29) is 16.7 Å². The minimum Gasteiger partial charge on any atom is -0.503 e. The lowest BCUT2D eigenvalue weighted by Crippen LogP contribution is -2.31. The molecule has 1 amide bonds. The molecular weight excluding hydrogens is 492 g/mol. The van der Waals surface area contributed by atoms with Gasteiger partial charge in [-0.1, -0.05) is 44.5 Å². The van der Waals surface area contributed by atoms with Crippen molar-refractivity contribution in [3.05, 3.63) is 100 Å². The van der Waals surface area contributed by atoms with E-state index < -0.39 is 23.5 Å². The summed E-state index contributed by atoms with van der Waals surface area (Å²) in [4.78, 5) is 32.7. The summed E-state index contributed by atoms with van der Waals surface area (Å²) in [5.41, 5.74) is 2.44. The third-order valence-corrected chi connectivity index (χ3v) is 6.69. The molecule has 0 bridgehead atoms. The van der Waals surface area contributed by atoms with Crippen LogP contribution in [0.15, 0.2) is 82.7 Å². The molecule has 1 N–H and O–H groups in total. The van der Waals surface area contributed by atoms with Gasteiger partial charge >= 0.3 is 0 Å². The van der Waals surface area contributed by atoms with Gasteiger partial charge < -0.3 is 14.3 Å². The zero-order chi connectivity index (χ0) is 26.5. The van der Waals surface area contributed by atoms with Crippen LogP contribution < -0.4 is 9.64 Å². The van der Waals surface area contributed by atoms with Crippen LogP contribution in [0.1, 0.15) is 48.5 Å². The molecule has 1 unspecified atom stereocenters. The number of anilines is 1. The number of amides is 1. The van der Waals surface area contributed by atoms with Gasteiger partial charge in [0.15, 0.2) is 22.9 Å². The number of methoxy groups -OCH3 is 1. The summed E-state index contributed by atoms with van der Waals surface area (Å²) in [6.45, 7) is 6.30. The molecule has 2 aromatic carbocycles. The van der Waals surface area contributed by atoms with E-state index in [0.29, 0.717) is 33.0 Å². The molecule has 188 valence electrons. The van der Waals surface area contributed by atoms with E-state index in [4.69, 9.17) is 20.8 Å². The number of rotatable bonds is 5. The van der Waals surface area contributed by atoms with Crippen LogP contribution in [0, 0.1) is 0 Å². The molecule has 4 aromatic rings. The highest BCUT2D eigenvalue weighted by atomic mass is 35.5. The molecule has 7 nitrogen and oxygen atoms in total. The number of ether oxygens (including phenoxy) is 1. The van der Waals surface area contributed by atoms with Gasteiger partial charge in [0, 0.05) is 34.6 Å². The zero-order valence-corrected chi connectivity index (χ0v) is 21.5. The van der Waals surface area contributed by atoms with Gasteiger partial charge in [0.05, 0.1) is 18.7 Å². The molecule has 1 aliphatic rings. The molecule has 3 heterocycles. The molecule has 5 rings (SSSR count). The first-order valence-electron chi connectivity index (χ1n) is 11.7. The van der Waals surface area contributed by atoms with E-state index in [2.05, 4.69) is 25.8 Å². The van der Waals surface area contributed by atoms with Gasteiger partial charge in [-0.05, 0) is 52.9 Å². The van der Waals surface area contributed by atoms with Gasteiger partial charge in [-0.3, -0.25) is 19.5 Å². The summed E-state index contributed by atoms with van der Waals surface area (Å²) >= 11 is 6.18. The van der Waals surface area contributed by atoms with Crippen molar-refractivity contribution in [1.82, 2.24) is 4.98 Å². The maximum Gasteiger partial charge on any atom is 0.294 e. The third-order valence-electron chi connectivity index (χ3n) is 6.48. The standard InChI is InChI=1S/C29H25ClN2O5/c1-29(2,3)18-5-7-20(8-6-18)32-24(16-9-11-31-12-10-16)23(26(34)28(32)35)25(33)21-14-17-13-19(30)15-22(36-4)27(17)37-21/h5-15,24,34H,1-4H3. The number of halogens is 1. The molecule has 0 spiro atoms. The van der Waals surface area contributed by atoms with Gasteiger partial charge in [-0.15, -0.1) is 0 Å². The molecule has 0 saturated heterocycles. The van der Waals surface area contributed by atoms with E-state index in [9.17, 15) is 14.7 Å². The predicted molar refractivity (Wildman–Crippen MR) is 141 cm³/mol. The van der Waals surface area contributed by atoms with E-state index in [1.807, 2.05) is 24.3 Å². The summed E-state index contributed by atoms with van der Waals surface area (Å²) in [7, 11) is 1.47. The number of ketones is 1. The Kier molecular flexibility index (Phi) is 6.04. The SMILES string of the molecule is COc1cc(Cl)cc2cc(C(=O)C3=C(O)C(=O)N(c4ccc(C(C)(C)C)cc4)C3c3ccncc3)oc12. The van der Waals surface area contributed by atoms with Crippen molar-refractivity contribution in [2.75, 3.05) is 12.0 Å². The van der Waals surface area contributed by atoms with Crippen molar-refractivity contribution in [3.63, 3.8) is 0 Å². The Hall–Kier alpha value is -4.10. The molecule has 0 radical (unpaired) electrons. The van der Waals surface area contributed by atoms with Gasteiger partial charge in [-0.25, -0.2) is 0 Å². The Morgan fingerprint density at radius 2 is 1.76 bits per heavy atom. The Morgan fingerprint density at radius 1 is 1.08 bits per heavy atom. The fourth-order valence-corrected chi connectivity index (χ4v) is 4.79. The van der Waals surface area contributed by atoms with E-state index in [0.717, 1.165) is 5.56 Å². The van der Waals surface area contributed by atoms with E-state index in [1.165, 1.54) is 18.1 Å². The zero-order valence-electron chi connectivity index (χ0n) is 20.8. The molecule has 0 saturated carbocycles. The second-order valence-electron chi connectivity index (χ2n) is 9.88. The van der Waals surface area contributed by atoms with Crippen LogP contribution in [0.4, 0.5) is 5.69 Å². The summed E-state index contributed by atoms with van der Waals surface area (Å²) in [5, 5.41) is 12.0. The molecule has 2 aromatic heterocycles. The van der Waals surface area contributed by atoms with Crippen molar-refractivity contribution in [3.8, 4) is 5.75 Å². The molecule has 1 atom stereocenters. The number of pyridine rings is 1. The maximum atomic E-state index is 13.8. The number of carbonyl (C=O) groups excluding carboxylic acids is 2. The summed E-state index contributed by atoms with van der Waals surface area (Å²) in [6.07, 6.45) is 3.15. The Bertz CT molecular complexity index is 1550. The first-order chi connectivity index (χ1) is 17.6. The average Bonchev–Trinajstić information content (AvgIpc) is 3.42. The van der Waals surface area contributed by atoms with Crippen LogP contribution in [0.2, 0.25) is 5.02 Å². The maximum absolute atomic E-state index is 13.8. The number of hydrogen-bond acceptors (Lipinski definition) is 6. The van der Waals surface area contributed by atoms with Crippen molar-refractivity contribution >= 4 is 39.9 Å². The number of aliphatic hydroxyl groups is 1. The van der Waals surface area contributed by atoms with Crippen LogP contribution in [-0.2, 0) is 10.2 Å². The monoisotopic (exact) mass is 516 g/mol. The number of furan rings is 1. The number of nitrogens with zero attached hydrogens (tertiary/aromatic N) is 2. The highest BCUT2D eigenvalue weighted by molar-refractivity contribution is 6.31. The highest BCUT2D eigenvalue weighted by Crippen LogP contribution is 2.43. The predicted octanol–water partition coefficient (Wildman–Crippen LogP) is 6.57. The van der Waals surface area contributed by atoms with Crippen LogP contribution in [0.3, 0.4) is 0 Å². The second-order valence-corrected chi connectivity index (χ2v) is 10.3. The minimum absolute atomic E-state index is 0.0473. The average molecular weight is 517 g/mol. The highest BCUT2D eigenvalue weighted by Gasteiger charge is 2.45. The summed E-state index contributed by atoms with van der Waals surface area (Å²) in [5.74, 6) is -1.60. The van der Waals surface area contributed by atoms with Crippen LogP contribution in [0.25, 0.3) is 11.0 Å². The van der Waals surface area contributed by atoms with Gasteiger partial charge in [-0.2, -0.15) is 0 Å². The normalized spacial score (nSPS) is 16.1. The van der Waals surface area contributed by atoms with Crippen molar-refractivity contribution in [1.29, 1.82) is 0 Å². The number of aliphatic hydroxyl groups excluding tert-OH is 1. The lowest BCUT2D eigenvalue weighted by molar-refractivity contribution is -0.117. The number of hydrogen-bond donors (Lipinski definition) is 1. The Morgan fingerprint density at radius 3 is 2.38 bits per heavy atom. The van der Waals surface area contributed by atoms with Gasteiger partial charge in [0.25, 0.3) is 5.91 Å². The van der Waals surface area contributed by atoms with Crippen molar-refractivity contribution in [2.45, 2.75) is 32.2 Å². The van der Waals surface area contributed by atoms with E-state index in [1.54, 1.807) is 36.7 Å². The smallest absolute Gasteiger partial charge is 0.294 e. The van der Waals surface area contributed by atoms with Crippen LogP contribution in [0.5, 0.6) is 5.75 Å². The molecule has 1 aliphatic heterocycles. The first kappa shape index (κ1) is 24.6. The summed E-state index contributed by atoms with van der Waals surface area (Å²) in [6, 6.07) is 14.8. The third kappa shape index (κ3) is 4.25. The fraction of sp³-hybridized carbons (Fsp3) is 0.207. The first-order valence-corrected chi connectivity index (χ1v) is 12.1. The van der Waals surface area contributed by atoms with Gasteiger partial charge in [0.2, 0.25) is 5.78 Å². The Balaban J connectivity index is 1.63. The fourth-order valence-electron chi connectivity index (χ4n) is 4.57. The Labute approximate surface area is 218 Å². The number of carbonyl (C=O) groups is 2. The topological polar surface area (TPSA) is 92.9 Å². The molecule has 8 heteroatoms. The van der Waals surface area contributed by atoms with Crippen molar-refractivity contribution < 1.29 is 23.8 Å². The largest absolute Gasteiger partial charge is 0.503 e. The summed E-state index contributed by atoms with van der Waals surface area (Å²) < 4.78 is 11.2. The molecule has 37 heavy (non-hydrogen) atoms. The molecule has 0 aliphatic carbocycles. The molecule has 0 fully saturated rings. The van der Waals surface area contributed by atoms with Gasteiger partial charge in [0.1, 0.15) is 0 Å². The lowest BCUT2D eigenvalue weighted by Gasteiger charge is -2.27. The lowest BCUT2D eigenvalue weighted by atomic mass is 9.87. The minimum atomic E-state index is -0.887. The second kappa shape index (κ2) is 9.09. The van der Waals surface area contributed by atoms with Crippen LogP contribution >= 0.6 is 11.6 Å².